The second-order valence-electron chi connectivity index (χ2n) is 6.77. The van der Waals surface area contributed by atoms with Crippen molar-refractivity contribution in [1.29, 1.82) is 0 Å². The lowest BCUT2D eigenvalue weighted by Crippen LogP contribution is -2.39. The Morgan fingerprint density at radius 1 is 1.32 bits per heavy atom. The first-order valence-corrected chi connectivity index (χ1v) is 8.53. The normalized spacial score (nSPS) is 40.8. The minimum Gasteiger partial charge on any atom is -0.304 e. The summed E-state index contributed by atoms with van der Waals surface area (Å²) >= 11 is 1.65. The molecule has 1 aliphatic heterocycles. The van der Waals surface area contributed by atoms with E-state index in [2.05, 4.69) is 19.2 Å². The number of carbonyl (C=O) groups excluding carboxylic acids is 1. The van der Waals surface area contributed by atoms with Crippen LogP contribution in [-0.2, 0) is 4.79 Å². The number of fused-ring (bicyclic) bond motifs is 2. The molecule has 3 aliphatic rings. The topological polar surface area (TPSA) is 41.5 Å². The molecule has 2 saturated carbocycles. The third-order valence-corrected chi connectivity index (χ3v) is 6.28. The monoisotopic (exact) mass is 280 g/mol. The Labute approximate surface area is 120 Å². The molecule has 1 N–H and O–H groups in total. The summed E-state index contributed by atoms with van der Waals surface area (Å²) in [5.74, 6) is 1.41. The lowest BCUT2D eigenvalue weighted by molar-refractivity contribution is -0.119. The standard InChI is InChI=1S/C15H24N2OS/c1-10(2)12-13(18)16-14(19-12)17-15-7-3-5-11(9-15)6-4-8-15/h10-12H,3-9H2,1-2H3,(H,16,17,18). The zero-order valence-electron chi connectivity index (χ0n) is 11.9. The Hall–Kier alpha value is -0.510. The lowest BCUT2D eigenvalue weighted by atomic mass is 9.67. The smallest absolute Gasteiger partial charge is 0.239 e. The highest BCUT2D eigenvalue weighted by Crippen LogP contribution is 2.46. The van der Waals surface area contributed by atoms with Gasteiger partial charge in [0.2, 0.25) is 5.91 Å². The van der Waals surface area contributed by atoms with Crippen LogP contribution in [0.2, 0.25) is 0 Å². The number of nitrogens with one attached hydrogen (secondary N) is 1. The molecule has 0 aromatic heterocycles. The predicted molar refractivity (Wildman–Crippen MR) is 80.3 cm³/mol. The van der Waals surface area contributed by atoms with E-state index in [9.17, 15) is 4.79 Å². The van der Waals surface area contributed by atoms with Crippen molar-refractivity contribution in [2.75, 3.05) is 0 Å². The lowest BCUT2D eigenvalue weighted by Gasteiger charge is -2.42. The van der Waals surface area contributed by atoms with E-state index in [1.54, 1.807) is 11.8 Å². The van der Waals surface area contributed by atoms with Gasteiger partial charge in [0, 0.05) is 0 Å². The minimum absolute atomic E-state index is 0.0538. The van der Waals surface area contributed by atoms with Crippen LogP contribution in [0.5, 0.6) is 0 Å². The summed E-state index contributed by atoms with van der Waals surface area (Å²) in [7, 11) is 0. The van der Waals surface area contributed by atoms with Crippen molar-refractivity contribution in [1.82, 2.24) is 5.32 Å². The van der Waals surface area contributed by atoms with Gasteiger partial charge < -0.3 is 5.32 Å². The summed E-state index contributed by atoms with van der Waals surface area (Å²) in [5.41, 5.74) is 0.155. The first-order valence-electron chi connectivity index (χ1n) is 7.65. The summed E-state index contributed by atoms with van der Waals surface area (Å²) in [6.45, 7) is 4.21. The molecule has 1 heterocycles. The molecule has 3 fully saturated rings. The molecule has 1 amide bonds. The van der Waals surface area contributed by atoms with Gasteiger partial charge in [0.05, 0.1) is 10.8 Å². The predicted octanol–water partition coefficient (Wildman–Crippen LogP) is 3.34. The molecule has 3 rings (SSSR count). The SMILES string of the molecule is CC(C)C1SC(=NC23CCCC(CCC2)C3)NC1=O. The van der Waals surface area contributed by atoms with Crippen LogP contribution in [0.4, 0.5) is 0 Å². The second-order valence-corrected chi connectivity index (χ2v) is 7.90. The van der Waals surface area contributed by atoms with E-state index in [4.69, 9.17) is 4.99 Å². The first-order chi connectivity index (χ1) is 9.08. The largest absolute Gasteiger partial charge is 0.304 e. The fourth-order valence-electron chi connectivity index (χ4n) is 3.90. The van der Waals surface area contributed by atoms with E-state index in [0.29, 0.717) is 5.92 Å². The molecule has 1 saturated heterocycles. The molecule has 1 unspecified atom stereocenters. The summed E-state index contributed by atoms with van der Waals surface area (Å²) in [5, 5.41) is 3.95. The van der Waals surface area contributed by atoms with Crippen LogP contribution in [0.3, 0.4) is 0 Å². The fourth-order valence-corrected chi connectivity index (χ4v) is 4.98. The third kappa shape index (κ3) is 2.69. The van der Waals surface area contributed by atoms with Crippen molar-refractivity contribution in [3.8, 4) is 0 Å². The van der Waals surface area contributed by atoms with Crippen LogP contribution in [-0.4, -0.2) is 21.9 Å². The molecule has 0 radical (unpaired) electrons. The van der Waals surface area contributed by atoms with E-state index in [0.717, 1.165) is 11.1 Å². The number of aliphatic imine (C=N–C) groups is 1. The van der Waals surface area contributed by atoms with Crippen molar-refractivity contribution < 1.29 is 4.79 Å². The van der Waals surface area contributed by atoms with Gasteiger partial charge in [-0.15, -0.1) is 0 Å². The van der Waals surface area contributed by atoms with Crippen molar-refractivity contribution >= 4 is 22.8 Å². The van der Waals surface area contributed by atoms with Gasteiger partial charge in [0.25, 0.3) is 0 Å². The number of amidine groups is 1. The third-order valence-electron chi connectivity index (χ3n) is 4.85. The minimum atomic E-state index is 0.0538. The molecule has 0 spiro atoms. The molecule has 2 bridgehead atoms. The number of nitrogens with zero attached hydrogens (tertiary/aromatic N) is 1. The quantitative estimate of drug-likeness (QED) is 0.843. The van der Waals surface area contributed by atoms with Crippen LogP contribution in [0.1, 0.15) is 58.8 Å². The number of hydrogen-bond acceptors (Lipinski definition) is 3. The molecule has 2 aliphatic carbocycles. The average Bonchev–Trinajstić information content (AvgIpc) is 2.70. The van der Waals surface area contributed by atoms with Crippen molar-refractivity contribution in [3.05, 3.63) is 0 Å². The summed E-state index contributed by atoms with van der Waals surface area (Å²) in [6.07, 6.45) is 9.09. The van der Waals surface area contributed by atoms with E-state index in [-0.39, 0.29) is 16.7 Å². The number of hydrogen-bond donors (Lipinski definition) is 1. The molecule has 1 atom stereocenters. The van der Waals surface area contributed by atoms with Crippen LogP contribution in [0, 0.1) is 11.8 Å². The zero-order chi connectivity index (χ0) is 13.5. The molecule has 4 heteroatoms. The summed E-state index contributed by atoms with van der Waals surface area (Å²) in [4.78, 5) is 16.9. The van der Waals surface area contributed by atoms with Gasteiger partial charge in [-0.3, -0.25) is 9.79 Å². The molecule has 0 aromatic carbocycles. The Kier molecular flexibility index (Phi) is 3.63. The van der Waals surface area contributed by atoms with Gasteiger partial charge in [-0.05, 0) is 31.1 Å². The van der Waals surface area contributed by atoms with Crippen LogP contribution in [0.25, 0.3) is 0 Å². The number of rotatable bonds is 2. The van der Waals surface area contributed by atoms with E-state index in [1.165, 1.54) is 44.9 Å². The van der Waals surface area contributed by atoms with Crippen LogP contribution >= 0.6 is 11.8 Å². The van der Waals surface area contributed by atoms with Crippen molar-refractivity contribution in [2.24, 2.45) is 16.8 Å². The molecule has 19 heavy (non-hydrogen) atoms. The van der Waals surface area contributed by atoms with Gasteiger partial charge in [-0.1, -0.05) is 51.3 Å². The summed E-state index contributed by atoms with van der Waals surface area (Å²) in [6, 6.07) is 0. The zero-order valence-corrected chi connectivity index (χ0v) is 12.8. The highest BCUT2D eigenvalue weighted by atomic mass is 32.2. The van der Waals surface area contributed by atoms with Crippen molar-refractivity contribution in [2.45, 2.75) is 69.6 Å². The highest BCUT2D eigenvalue weighted by Gasteiger charge is 2.41. The number of carbonyl (C=O) groups is 1. The molecular weight excluding hydrogens is 256 g/mol. The first kappa shape index (κ1) is 13.5. The Morgan fingerprint density at radius 3 is 2.58 bits per heavy atom. The highest BCUT2D eigenvalue weighted by molar-refractivity contribution is 8.15. The van der Waals surface area contributed by atoms with Gasteiger partial charge in [0.1, 0.15) is 0 Å². The Bertz CT molecular complexity index is 395. The maximum atomic E-state index is 11.9. The van der Waals surface area contributed by atoms with Gasteiger partial charge in [0.15, 0.2) is 5.17 Å². The van der Waals surface area contributed by atoms with Gasteiger partial charge >= 0.3 is 0 Å². The second kappa shape index (κ2) is 5.12. The van der Waals surface area contributed by atoms with E-state index < -0.39 is 0 Å². The molecule has 3 nitrogen and oxygen atoms in total. The van der Waals surface area contributed by atoms with Crippen LogP contribution < -0.4 is 5.32 Å². The molecule has 106 valence electrons. The Balaban J connectivity index is 1.76. The maximum absolute atomic E-state index is 11.9. The average molecular weight is 280 g/mol. The molecular formula is C15H24N2OS. The van der Waals surface area contributed by atoms with E-state index >= 15 is 0 Å². The van der Waals surface area contributed by atoms with Gasteiger partial charge in [-0.2, -0.15) is 0 Å². The fraction of sp³-hybridized carbons (Fsp3) is 0.867. The van der Waals surface area contributed by atoms with E-state index in [1.807, 2.05) is 0 Å². The maximum Gasteiger partial charge on any atom is 0.239 e. The number of amides is 1. The van der Waals surface area contributed by atoms with Crippen LogP contribution in [0.15, 0.2) is 4.99 Å². The Morgan fingerprint density at radius 2 is 2.00 bits per heavy atom. The van der Waals surface area contributed by atoms with Crippen molar-refractivity contribution in [3.63, 3.8) is 0 Å². The van der Waals surface area contributed by atoms with Gasteiger partial charge in [-0.25, -0.2) is 0 Å². The number of thioether (sulfide) groups is 1. The summed E-state index contributed by atoms with van der Waals surface area (Å²) < 4.78 is 0. The molecule has 0 aromatic rings.